The number of hydrogen-bond donors (Lipinski definition) is 1. The lowest BCUT2D eigenvalue weighted by molar-refractivity contribution is 0.382. The molecule has 2 nitrogen and oxygen atoms in total. The van der Waals surface area contributed by atoms with Crippen LogP contribution in [0.5, 0.6) is 5.75 Å². The summed E-state index contributed by atoms with van der Waals surface area (Å²) in [5.41, 5.74) is 0.693. The summed E-state index contributed by atoms with van der Waals surface area (Å²) < 4.78 is 45.9. The molecule has 0 amide bonds. The Labute approximate surface area is 121 Å². The van der Waals surface area contributed by atoms with Crippen LogP contribution in [0.25, 0.3) is 0 Å². The molecular formula is C16H16F3NO. The quantitative estimate of drug-likeness (QED) is 0.909. The van der Waals surface area contributed by atoms with E-state index in [0.29, 0.717) is 11.1 Å². The number of methoxy groups -OCH3 is 1. The minimum absolute atomic E-state index is 0.141. The van der Waals surface area contributed by atoms with Crippen LogP contribution in [0.15, 0.2) is 36.4 Å². The van der Waals surface area contributed by atoms with Crippen LogP contribution in [-0.4, -0.2) is 14.2 Å². The predicted octanol–water partition coefficient (Wildman–Crippen LogP) is 3.62. The maximum atomic E-state index is 14.1. The zero-order valence-electron chi connectivity index (χ0n) is 11.8. The second-order valence-corrected chi connectivity index (χ2v) is 4.64. The molecule has 1 atom stereocenters. The summed E-state index contributed by atoms with van der Waals surface area (Å²) in [5.74, 6) is -1.62. The van der Waals surface area contributed by atoms with Gasteiger partial charge in [0.05, 0.1) is 7.11 Å². The third-order valence-electron chi connectivity index (χ3n) is 3.37. The highest BCUT2D eigenvalue weighted by Gasteiger charge is 2.18. The highest BCUT2D eigenvalue weighted by atomic mass is 19.1. The van der Waals surface area contributed by atoms with Gasteiger partial charge in [-0.1, -0.05) is 18.2 Å². The predicted molar refractivity (Wildman–Crippen MR) is 74.8 cm³/mol. The second kappa shape index (κ2) is 6.63. The zero-order chi connectivity index (χ0) is 15.4. The topological polar surface area (TPSA) is 21.3 Å². The van der Waals surface area contributed by atoms with Crippen molar-refractivity contribution >= 4 is 0 Å². The summed E-state index contributed by atoms with van der Waals surface area (Å²) in [7, 11) is 3.03. The Morgan fingerprint density at radius 1 is 1.14 bits per heavy atom. The molecule has 1 unspecified atom stereocenters. The molecule has 0 radical (unpaired) electrons. The van der Waals surface area contributed by atoms with Crippen LogP contribution in [-0.2, 0) is 6.42 Å². The highest BCUT2D eigenvalue weighted by Crippen LogP contribution is 2.26. The molecule has 0 spiro atoms. The van der Waals surface area contributed by atoms with E-state index in [0.717, 1.165) is 6.07 Å². The van der Waals surface area contributed by atoms with Crippen LogP contribution in [0.1, 0.15) is 17.2 Å². The van der Waals surface area contributed by atoms with Gasteiger partial charge in [-0.3, -0.25) is 0 Å². The average Bonchev–Trinajstić information content (AvgIpc) is 2.47. The smallest absolute Gasteiger partial charge is 0.168 e. The number of likely N-dealkylation sites (N-methyl/N-ethyl adjacent to an activating group) is 1. The van der Waals surface area contributed by atoms with E-state index in [2.05, 4.69) is 5.32 Å². The summed E-state index contributed by atoms with van der Waals surface area (Å²) in [6, 6.07) is 7.71. The van der Waals surface area contributed by atoms with Crippen LogP contribution < -0.4 is 10.1 Å². The minimum Gasteiger partial charge on any atom is -0.494 e. The molecule has 5 heteroatoms. The molecule has 0 aromatic heterocycles. The Bertz CT molecular complexity index is 631. The van der Waals surface area contributed by atoms with E-state index >= 15 is 0 Å². The van der Waals surface area contributed by atoms with Crippen molar-refractivity contribution in [2.24, 2.45) is 0 Å². The Morgan fingerprint density at radius 3 is 2.52 bits per heavy atom. The van der Waals surface area contributed by atoms with Gasteiger partial charge < -0.3 is 10.1 Å². The standard InChI is InChI=1S/C16H16F3NO/c1-20-14(12-7-6-11(17)9-13(12)18)8-10-4-3-5-15(21-2)16(10)19/h3-7,9,14,20H,8H2,1-2H3. The van der Waals surface area contributed by atoms with E-state index in [-0.39, 0.29) is 12.2 Å². The fourth-order valence-corrected chi connectivity index (χ4v) is 2.24. The van der Waals surface area contributed by atoms with Crippen molar-refractivity contribution in [2.75, 3.05) is 14.2 Å². The van der Waals surface area contributed by atoms with E-state index in [1.807, 2.05) is 0 Å². The van der Waals surface area contributed by atoms with Crippen LogP contribution in [0, 0.1) is 17.5 Å². The minimum atomic E-state index is -0.655. The van der Waals surface area contributed by atoms with E-state index in [1.54, 1.807) is 19.2 Å². The summed E-state index contributed by atoms with van der Waals surface area (Å²) in [5, 5.41) is 2.92. The molecule has 0 bridgehead atoms. The SMILES string of the molecule is CNC(Cc1cccc(OC)c1F)c1ccc(F)cc1F. The first-order valence-electron chi connectivity index (χ1n) is 6.50. The van der Waals surface area contributed by atoms with Crippen molar-refractivity contribution in [1.82, 2.24) is 5.32 Å². The van der Waals surface area contributed by atoms with Gasteiger partial charge in [-0.15, -0.1) is 0 Å². The number of rotatable bonds is 5. The van der Waals surface area contributed by atoms with Gasteiger partial charge >= 0.3 is 0 Å². The molecule has 112 valence electrons. The number of nitrogens with one attached hydrogen (secondary N) is 1. The molecule has 0 heterocycles. The van der Waals surface area contributed by atoms with Crippen molar-refractivity contribution in [3.63, 3.8) is 0 Å². The zero-order valence-corrected chi connectivity index (χ0v) is 11.8. The Balaban J connectivity index is 2.31. The molecule has 0 aliphatic carbocycles. The maximum Gasteiger partial charge on any atom is 0.168 e. The molecule has 21 heavy (non-hydrogen) atoms. The number of ether oxygens (including phenoxy) is 1. The molecule has 2 aromatic rings. The number of benzene rings is 2. The summed E-state index contributed by atoms with van der Waals surface area (Å²) in [6.07, 6.45) is 0.224. The lowest BCUT2D eigenvalue weighted by atomic mass is 9.98. The van der Waals surface area contributed by atoms with E-state index in [1.165, 1.54) is 25.3 Å². The third kappa shape index (κ3) is 3.36. The first-order valence-corrected chi connectivity index (χ1v) is 6.50. The molecule has 0 saturated carbocycles. The Hall–Kier alpha value is -2.01. The molecule has 0 aliphatic heterocycles. The van der Waals surface area contributed by atoms with Gasteiger partial charge in [0, 0.05) is 17.7 Å². The largest absolute Gasteiger partial charge is 0.494 e. The van der Waals surface area contributed by atoms with Gasteiger partial charge in [0.15, 0.2) is 11.6 Å². The Kier molecular flexibility index (Phi) is 4.85. The van der Waals surface area contributed by atoms with E-state index in [4.69, 9.17) is 4.74 Å². The fourth-order valence-electron chi connectivity index (χ4n) is 2.24. The lowest BCUT2D eigenvalue weighted by Crippen LogP contribution is -2.20. The van der Waals surface area contributed by atoms with Crippen LogP contribution >= 0.6 is 0 Å². The molecule has 0 aliphatic rings. The van der Waals surface area contributed by atoms with Gasteiger partial charge in [0.2, 0.25) is 0 Å². The molecule has 2 rings (SSSR count). The number of halogens is 3. The molecule has 2 aromatic carbocycles. The molecule has 0 fully saturated rings. The van der Waals surface area contributed by atoms with Crippen LogP contribution in [0.4, 0.5) is 13.2 Å². The van der Waals surface area contributed by atoms with Crippen LogP contribution in [0.3, 0.4) is 0 Å². The first-order chi connectivity index (χ1) is 10.1. The summed E-state index contributed by atoms with van der Waals surface area (Å²) >= 11 is 0. The van der Waals surface area contributed by atoms with Crippen molar-refractivity contribution in [3.05, 3.63) is 65.0 Å². The van der Waals surface area contributed by atoms with Gasteiger partial charge in [-0.2, -0.15) is 0 Å². The van der Waals surface area contributed by atoms with Crippen molar-refractivity contribution in [1.29, 1.82) is 0 Å². The van der Waals surface area contributed by atoms with Crippen molar-refractivity contribution in [2.45, 2.75) is 12.5 Å². The Morgan fingerprint density at radius 2 is 1.90 bits per heavy atom. The van der Waals surface area contributed by atoms with E-state index < -0.39 is 23.5 Å². The van der Waals surface area contributed by atoms with Crippen molar-refractivity contribution < 1.29 is 17.9 Å². The van der Waals surface area contributed by atoms with Gasteiger partial charge in [0.25, 0.3) is 0 Å². The molecular weight excluding hydrogens is 279 g/mol. The highest BCUT2D eigenvalue weighted by molar-refractivity contribution is 5.33. The molecule has 1 N–H and O–H groups in total. The van der Waals surface area contributed by atoms with Gasteiger partial charge in [0.1, 0.15) is 11.6 Å². The van der Waals surface area contributed by atoms with Crippen LogP contribution in [0.2, 0.25) is 0 Å². The summed E-state index contributed by atoms with van der Waals surface area (Å²) in [4.78, 5) is 0. The van der Waals surface area contributed by atoms with Gasteiger partial charge in [-0.05, 0) is 31.2 Å². The normalized spacial score (nSPS) is 12.2. The average molecular weight is 295 g/mol. The summed E-state index contributed by atoms with van der Waals surface area (Å²) in [6.45, 7) is 0. The molecule has 0 saturated heterocycles. The monoisotopic (exact) mass is 295 g/mol. The maximum absolute atomic E-state index is 14.1. The number of hydrogen-bond acceptors (Lipinski definition) is 2. The van der Waals surface area contributed by atoms with E-state index in [9.17, 15) is 13.2 Å². The third-order valence-corrected chi connectivity index (χ3v) is 3.37. The fraction of sp³-hybridized carbons (Fsp3) is 0.250. The first kappa shape index (κ1) is 15.4. The lowest BCUT2D eigenvalue weighted by Gasteiger charge is -2.18. The second-order valence-electron chi connectivity index (χ2n) is 4.64. The van der Waals surface area contributed by atoms with Crippen molar-refractivity contribution in [3.8, 4) is 5.75 Å². The van der Waals surface area contributed by atoms with Gasteiger partial charge in [-0.25, -0.2) is 13.2 Å².